The van der Waals surface area contributed by atoms with Gasteiger partial charge in [0.1, 0.15) is 5.75 Å². The normalized spacial score (nSPS) is 9.70. The van der Waals surface area contributed by atoms with E-state index in [4.69, 9.17) is 9.84 Å². The summed E-state index contributed by atoms with van der Waals surface area (Å²) in [5.41, 5.74) is 0.954. The summed E-state index contributed by atoms with van der Waals surface area (Å²) in [4.78, 5) is 32.9. The number of carboxylic acid groups (broad SMARTS) is 1. The second kappa shape index (κ2) is 7.13. The van der Waals surface area contributed by atoms with E-state index >= 15 is 0 Å². The van der Waals surface area contributed by atoms with E-state index in [-0.39, 0.29) is 18.7 Å². The molecule has 0 spiro atoms. The molecule has 1 aromatic carbocycles. The lowest BCUT2D eigenvalue weighted by Gasteiger charge is -2.11. The zero-order chi connectivity index (χ0) is 15.1. The van der Waals surface area contributed by atoms with E-state index in [9.17, 15) is 14.4 Å². The van der Waals surface area contributed by atoms with Gasteiger partial charge in [-0.15, -0.1) is 0 Å². The first-order chi connectivity index (χ1) is 9.42. The van der Waals surface area contributed by atoms with Crippen molar-refractivity contribution < 1.29 is 24.2 Å². The Morgan fingerprint density at radius 2 is 1.90 bits per heavy atom. The molecule has 0 aliphatic carbocycles. The molecule has 0 saturated heterocycles. The van der Waals surface area contributed by atoms with Gasteiger partial charge in [0.05, 0.1) is 19.2 Å². The number of hydrogen-bond acceptors (Lipinski definition) is 4. The number of carbonyl (C=O) groups excluding carboxylic acids is 2. The van der Waals surface area contributed by atoms with Gasteiger partial charge in [-0.05, 0) is 12.1 Å². The molecule has 0 aromatic heterocycles. The van der Waals surface area contributed by atoms with Crippen LogP contribution in [0.25, 0.3) is 0 Å². The molecule has 0 aliphatic rings. The molecule has 1 rings (SSSR count). The highest BCUT2D eigenvalue weighted by atomic mass is 16.5. The van der Waals surface area contributed by atoms with Crippen LogP contribution in [0.15, 0.2) is 18.2 Å². The Labute approximate surface area is 115 Å². The zero-order valence-corrected chi connectivity index (χ0v) is 11.2. The Morgan fingerprint density at radius 1 is 1.20 bits per heavy atom. The van der Waals surface area contributed by atoms with Crippen molar-refractivity contribution in [1.29, 1.82) is 0 Å². The van der Waals surface area contributed by atoms with Crippen molar-refractivity contribution in [1.82, 2.24) is 0 Å². The van der Waals surface area contributed by atoms with Crippen LogP contribution in [0.2, 0.25) is 0 Å². The van der Waals surface area contributed by atoms with E-state index in [0.717, 1.165) is 0 Å². The Hall–Kier alpha value is -2.57. The van der Waals surface area contributed by atoms with Gasteiger partial charge in [-0.2, -0.15) is 0 Å². The molecule has 0 saturated carbocycles. The molecule has 0 aliphatic heterocycles. The smallest absolute Gasteiger partial charge is 0.303 e. The molecule has 2 amide bonds. The zero-order valence-electron chi connectivity index (χ0n) is 11.2. The molecule has 7 heteroatoms. The fourth-order valence-corrected chi connectivity index (χ4v) is 1.51. The molecular formula is C13H16N2O5. The van der Waals surface area contributed by atoms with Crippen molar-refractivity contribution in [2.24, 2.45) is 0 Å². The summed E-state index contributed by atoms with van der Waals surface area (Å²) in [6.45, 7) is 1.38. The fourth-order valence-electron chi connectivity index (χ4n) is 1.51. The average Bonchev–Trinajstić information content (AvgIpc) is 2.37. The van der Waals surface area contributed by atoms with Gasteiger partial charge >= 0.3 is 5.97 Å². The van der Waals surface area contributed by atoms with E-state index in [2.05, 4.69) is 10.6 Å². The van der Waals surface area contributed by atoms with Crippen LogP contribution in [0.1, 0.15) is 19.8 Å². The number of rotatable bonds is 6. The molecular weight excluding hydrogens is 264 g/mol. The Bertz CT molecular complexity index is 527. The molecule has 0 fully saturated rings. The topological polar surface area (TPSA) is 105 Å². The minimum atomic E-state index is -1.03. The lowest BCUT2D eigenvalue weighted by Crippen LogP contribution is -2.13. The number of aliphatic carboxylic acids is 1. The third kappa shape index (κ3) is 4.97. The third-order valence-corrected chi connectivity index (χ3v) is 2.36. The minimum absolute atomic E-state index is 0.106. The number of carboxylic acids is 1. The first kappa shape index (κ1) is 15.5. The highest BCUT2D eigenvalue weighted by Crippen LogP contribution is 2.28. The Balaban J connectivity index is 2.74. The number of nitrogens with one attached hydrogen (secondary N) is 2. The molecule has 7 nitrogen and oxygen atoms in total. The lowest BCUT2D eigenvalue weighted by atomic mass is 10.2. The summed E-state index contributed by atoms with van der Waals surface area (Å²) in [6.07, 6.45) is -0.335. The Morgan fingerprint density at radius 3 is 2.45 bits per heavy atom. The van der Waals surface area contributed by atoms with Gasteiger partial charge in [-0.1, -0.05) is 0 Å². The summed E-state index contributed by atoms with van der Waals surface area (Å²) in [6, 6.07) is 4.73. The van der Waals surface area contributed by atoms with Crippen molar-refractivity contribution >= 4 is 29.2 Å². The van der Waals surface area contributed by atoms with Gasteiger partial charge in [0.15, 0.2) is 0 Å². The maximum absolute atomic E-state index is 11.5. The lowest BCUT2D eigenvalue weighted by molar-refractivity contribution is -0.138. The number of anilines is 2. The van der Waals surface area contributed by atoms with Crippen LogP contribution < -0.4 is 15.4 Å². The summed E-state index contributed by atoms with van der Waals surface area (Å²) < 4.78 is 5.11. The van der Waals surface area contributed by atoms with Crippen LogP contribution in [-0.2, 0) is 14.4 Å². The SMILES string of the molecule is COc1cc(NC(=O)CCC(=O)O)ccc1NC(C)=O. The standard InChI is InChI=1S/C13H16N2O5/c1-8(16)14-10-4-3-9(7-11(10)20-2)15-12(17)5-6-13(18)19/h3-4,7H,5-6H2,1-2H3,(H,14,16)(H,15,17)(H,18,19). The predicted molar refractivity (Wildman–Crippen MR) is 72.8 cm³/mol. The minimum Gasteiger partial charge on any atom is -0.494 e. The first-order valence-corrected chi connectivity index (χ1v) is 5.89. The number of amides is 2. The van der Waals surface area contributed by atoms with Crippen LogP contribution in [0.3, 0.4) is 0 Å². The van der Waals surface area contributed by atoms with E-state index < -0.39 is 11.9 Å². The molecule has 3 N–H and O–H groups in total. The van der Waals surface area contributed by atoms with Crippen molar-refractivity contribution in [3.05, 3.63) is 18.2 Å². The van der Waals surface area contributed by atoms with Gasteiger partial charge in [0.2, 0.25) is 11.8 Å². The molecule has 0 radical (unpaired) electrons. The van der Waals surface area contributed by atoms with Crippen LogP contribution in [0.5, 0.6) is 5.75 Å². The van der Waals surface area contributed by atoms with Crippen molar-refractivity contribution in [3.63, 3.8) is 0 Å². The summed E-state index contributed by atoms with van der Waals surface area (Å²) in [5, 5.41) is 13.6. The van der Waals surface area contributed by atoms with E-state index in [0.29, 0.717) is 17.1 Å². The monoisotopic (exact) mass is 280 g/mol. The van der Waals surface area contributed by atoms with Gasteiger partial charge < -0.3 is 20.5 Å². The summed E-state index contributed by atoms with van der Waals surface area (Å²) in [5.74, 6) is -1.27. The Kier molecular flexibility index (Phi) is 5.52. The van der Waals surface area contributed by atoms with Crippen LogP contribution in [-0.4, -0.2) is 30.0 Å². The number of hydrogen-bond donors (Lipinski definition) is 3. The number of methoxy groups -OCH3 is 1. The highest BCUT2D eigenvalue weighted by Gasteiger charge is 2.09. The summed E-state index contributed by atoms with van der Waals surface area (Å²) >= 11 is 0. The number of carbonyl (C=O) groups is 3. The maximum Gasteiger partial charge on any atom is 0.303 e. The molecule has 1 aromatic rings. The number of benzene rings is 1. The molecule has 20 heavy (non-hydrogen) atoms. The van der Waals surface area contributed by atoms with Crippen LogP contribution >= 0.6 is 0 Å². The van der Waals surface area contributed by atoms with E-state index in [1.165, 1.54) is 14.0 Å². The van der Waals surface area contributed by atoms with Gasteiger partial charge in [-0.25, -0.2) is 0 Å². The maximum atomic E-state index is 11.5. The fraction of sp³-hybridized carbons (Fsp3) is 0.308. The second-order valence-corrected chi connectivity index (χ2v) is 4.04. The van der Waals surface area contributed by atoms with Gasteiger partial charge in [0, 0.05) is 25.1 Å². The van der Waals surface area contributed by atoms with Crippen LogP contribution in [0.4, 0.5) is 11.4 Å². The third-order valence-electron chi connectivity index (χ3n) is 2.36. The second-order valence-electron chi connectivity index (χ2n) is 4.04. The van der Waals surface area contributed by atoms with Crippen molar-refractivity contribution in [2.45, 2.75) is 19.8 Å². The largest absolute Gasteiger partial charge is 0.494 e. The van der Waals surface area contributed by atoms with Crippen molar-refractivity contribution in [3.8, 4) is 5.75 Å². The molecule has 0 unspecified atom stereocenters. The van der Waals surface area contributed by atoms with Crippen molar-refractivity contribution in [2.75, 3.05) is 17.7 Å². The van der Waals surface area contributed by atoms with E-state index in [1.54, 1.807) is 18.2 Å². The van der Waals surface area contributed by atoms with Gasteiger partial charge in [0.25, 0.3) is 0 Å². The molecule has 0 atom stereocenters. The van der Waals surface area contributed by atoms with Crippen LogP contribution in [0, 0.1) is 0 Å². The molecule has 0 bridgehead atoms. The first-order valence-electron chi connectivity index (χ1n) is 5.89. The predicted octanol–water partition coefficient (Wildman–Crippen LogP) is 1.46. The molecule has 0 heterocycles. The average molecular weight is 280 g/mol. The highest BCUT2D eigenvalue weighted by molar-refractivity contribution is 5.94. The van der Waals surface area contributed by atoms with E-state index in [1.807, 2.05) is 0 Å². The quantitative estimate of drug-likeness (QED) is 0.731. The molecule has 108 valence electrons. The number of ether oxygens (including phenoxy) is 1. The summed E-state index contributed by atoms with van der Waals surface area (Å²) in [7, 11) is 1.44. The van der Waals surface area contributed by atoms with Gasteiger partial charge in [-0.3, -0.25) is 14.4 Å².